The second kappa shape index (κ2) is 7.08. The van der Waals surface area contributed by atoms with Gasteiger partial charge in [-0.1, -0.05) is 32.4 Å². The van der Waals surface area contributed by atoms with Gasteiger partial charge in [0.1, 0.15) is 0 Å². The molecule has 0 bridgehead atoms. The van der Waals surface area contributed by atoms with Gasteiger partial charge >= 0.3 is 6.18 Å². The van der Waals surface area contributed by atoms with E-state index < -0.39 is 24.0 Å². The van der Waals surface area contributed by atoms with Gasteiger partial charge in [-0.3, -0.25) is 4.79 Å². The van der Waals surface area contributed by atoms with E-state index in [9.17, 15) is 23.1 Å². The Morgan fingerprint density at radius 3 is 2.50 bits per heavy atom. The predicted molar refractivity (Wildman–Crippen MR) is 111 cm³/mol. The van der Waals surface area contributed by atoms with Gasteiger partial charge in [0.05, 0.1) is 5.60 Å². The lowest BCUT2D eigenvalue weighted by molar-refractivity contribution is -0.171. The Kier molecular flexibility index (Phi) is 5.28. The molecule has 30 heavy (non-hydrogen) atoms. The van der Waals surface area contributed by atoms with Crippen LogP contribution in [-0.2, 0) is 4.79 Å². The van der Waals surface area contributed by atoms with Crippen LogP contribution in [0, 0.1) is 40.4 Å². The lowest BCUT2D eigenvalue weighted by Gasteiger charge is -2.62. The lowest BCUT2D eigenvalue weighted by Crippen LogP contribution is -2.55. The van der Waals surface area contributed by atoms with Gasteiger partial charge in [-0.25, -0.2) is 0 Å². The van der Waals surface area contributed by atoms with E-state index in [0.29, 0.717) is 23.7 Å². The maximum atomic E-state index is 12.8. The van der Waals surface area contributed by atoms with Crippen molar-refractivity contribution in [1.29, 1.82) is 0 Å². The number of fused-ring (bicyclic) bond motifs is 5. The quantitative estimate of drug-likeness (QED) is 0.525. The van der Waals surface area contributed by atoms with Crippen molar-refractivity contribution in [3.8, 4) is 0 Å². The molecule has 0 spiro atoms. The number of allylic oxidation sites excluding steroid dienone is 2. The van der Waals surface area contributed by atoms with E-state index in [1.165, 1.54) is 0 Å². The Hall–Kier alpha value is -0.840. The number of halogens is 3. The molecule has 0 amide bonds. The predicted octanol–water partition coefficient (Wildman–Crippen LogP) is 6.47. The standard InChI is InChI=1S/C25H37F3O2/c1-15(13-21(29)25(26,27)28)18-7-8-19-17-6-5-16-14-22(2,30)11-12-23(16,3)20(17)9-10-24(18,19)4/h7,15-17,19-20,30H,5-6,8-14H2,1-4H3/t15-,16+,17?,19?,20?,22+,23+,24-/m1/s1. The molecule has 3 saturated carbocycles. The summed E-state index contributed by atoms with van der Waals surface area (Å²) in [7, 11) is 0. The van der Waals surface area contributed by atoms with Crippen molar-refractivity contribution in [2.75, 3.05) is 0 Å². The summed E-state index contributed by atoms with van der Waals surface area (Å²) >= 11 is 0. The molecular formula is C25H37F3O2. The van der Waals surface area contributed by atoms with Crippen molar-refractivity contribution >= 4 is 5.78 Å². The summed E-state index contributed by atoms with van der Waals surface area (Å²) in [6.45, 7) is 8.48. The molecule has 4 rings (SSSR count). The summed E-state index contributed by atoms with van der Waals surface area (Å²) in [5.74, 6) is 0.359. The Balaban J connectivity index is 1.52. The first-order valence-electron chi connectivity index (χ1n) is 11.8. The number of ketones is 1. The first-order chi connectivity index (χ1) is 13.8. The van der Waals surface area contributed by atoms with Gasteiger partial charge in [0.15, 0.2) is 0 Å². The van der Waals surface area contributed by atoms with Crippen LogP contribution in [0.4, 0.5) is 13.2 Å². The molecule has 3 unspecified atom stereocenters. The number of alkyl halides is 3. The van der Waals surface area contributed by atoms with Gasteiger partial charge in [0, 0.05) is 6.42 Å². The van der Waals surface area contributed by atoms with E-state index in [0.717, 1.165) is 56.9 Å². The van der Waals surface area contributed by atoms with Gasteiger partial charge in [0.2, 0.25) is 5.78 Å². The van der Waals surface area contributed by atoms with E-state index in [2.05, 4.69) is 19.9 Å². The highest BCUT2D eigenvalue weighted by molar-refractivity contribution is 5.84. The summed E-state index contributed by atoms with van der Waals surface area (Å²) < 4.78 is 38.4. The molecule has 0 heterocycles. The van der Waals surface area contributed by atoms with Gasteiger partial charge < -0.3 is 5.11 Å². The molecule has 1 N–H and O–H groups in total. The van der Waals surface area contributed by atoms with Crippen molar-refractivity contribution < 1.29 is 23.1 Å². The molecule has 4 aliphatic rings. The fourth-order valence-corrected chi connectivity index (χ4v) is 8.30. The van der Waals surface area contributed by atoms with Crippen LogP contribution in [-0.4, -0.2) is 22.7 Å². The summed E-state index contributed by atoms with van der Waals surface area (Å²) in [6.07, 6.45) is 5.23. The highest BCUT2D eigenvalue weighted by atomic mass is 19.4. The second-order valence-corrected chi connectivity index (χ2v) is 11.7. The Labute approximate surface area is 178 Å². The molecule has 5 heteroatoms. The molecule has 4 aliphatic carbocycles. The molecule has 0 saturated heterocycles. The number of hydrogen-bond acceptors (Lipinski definition) is 2. The lowest BCUT2D eigenvalue weighted by atomic mass is 9.43. The zero-order valence-electron chi connectivity index (χ0n) is 18.8. The van der Waals surface area contributed by atoms with E-state index in [1.54, 1.807) is 6.92 Å². The van der Waals surface area contributed by atoms with Crippen molar-refractivity contribution in [1.82, 2.24) is 0 Å². The Morgan fingerprint density at radius 2 is 1.83 bits per heavy atom. The monoisotopic (exact) mass is 426 g/mol. The Bertz CT molecular complexity index is 739. The number of aliphatic hydroxyl groups is 1. The van der Waals surface area contributed by atoms with Crippen LogP contribution in [0.25, 0.3) is 0 Å². The van der Waals surface area contributed by atoms with Crippen LogP contribution in [0.1, 0.15) is 85.5 Å². The first-order valence-corrected chi connectivity index (χ1v) is 11.8. The van der Waals surface area contributed by atoms with Crippen LogP contribution < -0.4 is 0 Å². The molecule has 0 aromatic carbocycles. The molecule has 0 aromatic heterocycles. The third-order valence-electron chi connectivity index (χ3n) is 9.93. The summed E-state index contributed by atoms with van der Waals surface area (Å²) in [5.41, 5.74) is 0.758. The van der Waals surface area contributed by atoms with Crippen LogP contribution in [0.15, 0.2) is 11.6 Å². The zero-order valence-corrected chi connectivity index (χ0v) is 18.8. The van der Waals surface area contributed by atoms with E-state index in [1.807, 2.05) is 6.92 Å². The van der Waals surface area contributed by atoms with Crippen LogP contribution in [0.2, 0.25) is 0 Å². The number of hydrogen-bond donors (Lipinski definition) is 1. The van der Waals surface area contributed by atoms with Gasteiger partial charge in [0.25, 0.3) is 0 Å². The fraction of sp³-hybridized carbons (Fsp3) is 0.880. The Morgan fingerprint density at radius 1 is 1.13 bits per heavy atom. The van der Waals surface area contributed by atoms with E-state index in [-0.39, 0.29) is 16.7 Å². The van der Waals surface area contributed by atoms with E-state index in [4.69, 9.17) is 0 Å². The summed E-state index contributed by atoms with van der Waals surface area (Å²) in [4.78, 5) is 11.6. The summed E-state index contributed by atoms with van der Waals surface area (Å²) in [5, 5.41) is 10.6. The molecule has 0 radical (unpaired) electrons. The highest BCUT2D eigenvalue weighted by Crippen LogP contribution is 2.67. The molecule has 3 fully saturated rings. The average Bonchev–Trinajstić information content (AvgIpc) is 2.98. The first kappa shape index (κ1) is 22.4. The maximum Gasteiger partial charge on any atom is 0.449 e. The van der Waals surface area contributed by atoms with Crippen LogP contribution in [0.3, 0.4) is 0 Å². The summed E-state index contributed by atoms with van der Waals surface area (Å²) in [6, 6.07) is 0. The van der Waals surface area contributed by atoms with Crippen molar-refractivity contribution in [3.63, 3.8) is 0 Å². The molecule has 2 nitrogen and oxygen atoms in total. The molecule has 8 atom stereocenters. The minimum Gasteiger partial charge on any atom is -0.390 e. The van der Waals surface area contributed by atoms with Gasteiger partial charge in [-0.2, -0.15) is 13.2 Å². The zero-order chi connectivity index (χ0) is 22.1. The number of rotatable bonds is 3. The fourth-order valence-electron chi connectivity index (χ4n) is 8.30. The van der Waals surface area contributed by atoms with Gasteiger partial charge in [-0.05, 0) is 98.7 Å². The number of carbonyl (C=O) groups is 1. The molecule has 0 aromatic rings. The average molecular weight is 427 g/mol. The second-order valence-electron chi connectivity index (χ2n) is 11.7. The van der Waals surface area contributed by atoms with Crippen LogP contribution >= 0.6 is 0 Å². The largest absolute Gasteiger partial charge is 0.449 e. The number of Topliss-reactive ketones (excluding diaryl/α,β-unsaturated/α-hetero) is 1. The highest BCUT2D eigenvalue weighted by Gasteiger charge is 2.59. The van der Waals surface area contributed by atoms with Crippen molar-refractivity contribution in [2.45, 2.75) is 97.3 Å². The molecular weight excluding hydrogens is 389 g/mol. The third-order valence-corrected chi connectivity index (χ3v) is 9.93. The van der Waals surface area contributed by atoms with Crippen molar-refractivity contribution in [3.05, 3.63) is 11.6 Å². The smallest absolute Gasteiger partial charge is 0.390 e. The third kappa shape index (κ3) is 3.47. The minimum atomic E-state index is -4.74. The van der Waals surface area contributed by atoms with E-state index >= 15 is 0 Å². The normalized spacial score (nSPS) is 47.0. The molecule has 0 aliphatic heterocycles. The number of carbonyl (C=O) groups excluding carboxylic acids is 1. The maximum absolute atomic E-state index is 12.8. The van der Waals surface area contributed by atoms with Crippen molar-refractivity contribution in [2.24, 2.45) is 40.4 Å². The topological polar surface area (TPSA) is 37.3 Å². The molecule has 170 valence electrons. The SMILES string of the molecule is C[C@H](CC(=O)C(F)(F)F)C1=CCC2C3CC[C@H]4C[C@@](C)(O)CC[C@]4(C)C3CC[C@]12C. The van der Waals surface area contributed by atoms with Gasteiger partial charge in [-0.15, -0.1) is 0 Å². The van der Waals surface area contributed by atoms with Crippen LogP contribution in [0.5, 0.6) is 0 Å². The minimum absolute atomic E-state index is 0.0736.